The molecule has 1 N–H and O–H groups in total. The molecular weight excluding hydrogens is 363 g/mol. The highest BCUT2D eigenvalue weighted by atomic mass is 32.2. The van der Waals surface area contributed by atoms with Crippen LogP contribution in [0.15, 0.2) is 47.3 Å². The zero-order valence-electron chi connectivity index (χ0n) is 13.7. The van der Waals surface area contributed by atoms with Gasteiger partial charge in [-0.05, 0) is 49.7 Å². The molecule has 0 bridgehead atoms. The number of rotatable bonds is 5. The van der Waals surface area contributed by atoms with Gasteiger partial charge in [-0.25, -0.2) is 12.8 Å². The number of sulfonamides is 1. The predicted octanol–water partition coefficient (Wildman–Crippen LogP) is 3.72. The minimum absolute atomic E-state index is 0.0299. The molecule has 1 heterocycles. The standard InChI is InChI=1S/C17H17FN2O3S2/c1-11(2)20-15-8-7-14(9-16(15)24-17(20)21)19-25(22,23)10-12-3-5-13(18)6-4-12/h3-9,11,19H,10H2,1-2H3. The Kier molecular flexibility index (Phi) is 4.66. The van der Waals surface area contributed by atoms with Gasteiger partial charge in [-0.1, -0.05) is 23.5 Å². The zero-order chi connectivity index (χ0) is 18.2. The predicted molar refractivity (Wildman–Crippen MR) is 99.1 cm³/mol. The van der Waals surface area contributed by atoms with Crippen molar-refractivity contribution in [1.29, 1.82) is 0 Å². The largest absolute Gasteiger partial charge is 0.308 e. The Morgan fingerprint density at radius 1 is 1.16 bits per heavy atom. The van der Waals surface area contributed by atoms with Crippen LogP contribution in [0.4, 0.5) is 10.1 Å². The van der Waals surface area contributed by atoms with Gasteiger partial charge in [-0.15, -0.1) is 0 Å². The molecule has 0 aliphatic heterocycles. The summed E-state index contributed by atoms with van der Waals surface area (Å²) < 4.78 is 42.4. The molecule has 1 aromatic heterocycles. The minimum Gasteiger partial charge on any atom is -0.296 e. The molecule has 0 aliphatic rings. The van der Waals surface area contributed by atoms with E-state index in [1.165, 1.54) is 24.3 Å². The van der Waals surface area contributed by atoms with Crippen LogP contribution in [0.25, 0.3) is 10.2 Å². The molecule has 0 unspecified atom stereocenters. The van der Waals surface area contributed by atoms with E-state index in [2.05, 4.69) is 4.72 Å². The highest BCUT2D eigenvalue weighted by molar-refractivity contribution is 7.91. The number of fused-ring (bicyclic) bond motifs is 1. The fraction of sp³-hybridized carbons (Fsp3) is 0.235. The number of hydrogen-bond donors (Lipinski definition) is 1. The Hall–Kier alpha value is -2.19. The summed E-state index contributed by atoms with van der Waals surface area (Å²) in [6.07, 6.45) is 0. The van der Waals surface area contributed by atoms with Crippen LogP contribution in [0.3, 0.4) is 0 Å². The van der Waals surface area contributed by atoms with Crippen LogP contribution >= 0.6 is 11.3 Å². The summed E-state index contributed by atoms with van der Waals surface area (Å²) >= 11 is 1.08. The van der Waals surface area contributed by atoms with Gasteiger partial charge in [0.2, 0.25) is 10.0 Å². The first-order valence-electron chi connectivity index (χ1n) is 7.65. The Morgan fingerprint density at radius 2 is 1.84 bits per heavy atom. The maximum Gasteiger partial charge on any atom is 0.308 e. The van der Waals surface area contributed by atoms with Crippen molar-refractivity contribution in [2.45, 2.75) is 25.6 Å². The van der Waals surface area contributed by atoms with Crippen LogP contribution in [-0.4, -0.2) is 13.0 Å². The van der Waals surface area contributed by atoms with Crippen LogP contribution in [0.2, 0.25) is 0 Å². The van der Waals surface area contributed by atoms with E-state index in [4.69, 9.17) is 0 Å². The van der Waals surface area contributed by atoms with Crippen LogP contribution in [0.5, 0.6) is 0 Å². The number of anilines is 1. The molecule has 132 valence electrons. The second kappa shape index (κ2) is 6.61. The van der Waals surface area contributed by atoms with Crippen LogP contribution in [-0.2, 0) is 15.8 Å². The van der Waals surface area contributed by atoms with E-state index in [1.807, 2.05) is 13.8 Å². The van der Waals surface area contributed by atoms with E-state index in [-0.39, 0.29) is 16.7 Å². The van der Waals surface area contributed by atoms with Crippen molar-refractivity contribution in [1.82, 2.24) is 4.57 Å². The number of halogens is 1. The summed E-state index contributed by atoms with van der Waals surface area (Å²) in [5, 5.41) is 0. The summed E-state index contributed by atoms with van der Waals surface area (Å²) in [7, 11) is -3.64. The summed E-state index contributed by atoms with van der Waals surface area (Å²) in [5.74, 6) is -0.668. The van der Waals surface area contributed by atoms with Crippen molar-refractivity contribution >= 4 is 37.3 Å². The first kappa shape index (κ1) is 17.6. The quantitative estimate of drug-likeness (QED) is 0.733. The Bertz CT molecular complexity index is 1070. The summed E-state index contributed by atoms with van der Waals surface area (Å²) in [5.41, 5.74) is 1.67. The number of aromatic nitrogens is 1. The van der Waals surface area contributed by atoms with Gasteiger partial charge in [0.1, 0.15) is 5.82 Å². The third-order valence-corrected chi connectivity index (χ3v) is 5.85. The molecule has 2 aromatic carbocycles. The number of benzene rings is 2. The van der Waals surface area contributed by atoms with Gasteiger partial charge in [0.05, 0.1) is 21.7 Å². The molecule has 0 saturated carbocycles. The maximum atomic E-state index is 12.9. The van der Waals surface area contributed by atoms with E-state index in [9.17, 15) is 17.6 Å². The van der Waals surface area contributed by atoms with Crippen molar-refractivity contribution in [2.75, 3.05) is 4.72 Å². The molecule has 0 amide bonds. The molecule has 0 spiro atoms. The molecule has 25 heavy (non-hydrogen) atoms. The molecule has 8 heteroatoms. The molecule has 0 aliphatic carbocycles. The number of thiazole rings is 1. The van der Waals surface area contributed by atoms with Crippen LogP contribution in [0.1, 0.15) is 25.5 Å². The molecule has 0 saturated heterocycles. The van der Waals surface area contributed by atoms with Crippen molar-refractivity contribution in [2.24, 2.45) is 0 Å². The van der Waals surface area contributed by atoms with Crippen molar-refractivity contribution in [3.63, 3.8) is 0 Å². The van der Waals surface area contributed by atoms with Crippen molar-refractivity contribution in [3.05, 3.63) is 63.5 Å². The average Bonchev–Trinajstić information content (AvgIpc) is 2.84. The first-order chi connectivity index (χ1) is 11.7. The van der Waals surface area contributed by atoms with Gasteiger partial charge in [0.15, 0.2) is 0 Å². The molecular formula is C17H17FN2O3S2. The Balaban J connectivity index is 1.87. The zero-order valence-corrected chi connectivity index (χ0v) is 15.3. The van der Waals surface area contributed by atoms with E-state index in [0.717, 1.165) is 21.6 Å². The fourth-order valence-corrected chi connectivity index (χ4v) is 4.85. The number of hydrogen-bond acceptors (Lipinski definition) is 4. The highest BCUT2D eigenvalue weighted by Gasteiger charge is 2.15. The molecule has 0 atom stereocenters. The van der Waals surface area contributed by atoms with Gasteiger partial charge in [-0.2, -0.15) is 0 Å². The maximum absolute atomic E-state index is 12.9. The minimum atomic E-state index is -3.64. The summed E-state index contributed by atoms with van der Waals surface area (Å²) in [6.45, 7) is 3.85. The van der Waals surface area contributed by atoms with E-state index < -0.39 is 15.8 Å². The molecule has 5 nitrogen and oxygen atoms in total. The third-order valence-electron chi connectivity index (χ3n) is 3.67. The average molecular weight is 380 g/mol. The lowest BCUT2D eigenvalue weighted by Crippen LogP contribution is -2.15. The van der Waals surface area contributed by atoms with Crippen molar-refractivity contribution < 1.29 is 12.8 Å². The van der Waals surface area contributed by atoms with Gasteiger partial charge in [0.25, 0.3) is 0 Å². The van der Waals surface area contributed by atoms with Crippen LogP contribution in [0, 0.1) is 5.82 Å². The lowest BCUT2D eigenvalue weighted by molar-refractivity contribution is 0.600. The molecule has 0 fully saturated rings. The monoisotopic (exact) mass is 380 g/mol. The number of nitrogens with zero attached hydrogens (tertiary/aromatic N) is 1. The SMILES string of the molecule is CC(C)n1c(=O)sc2cc(NS(=O)(=O)Cc3ccc(F)cc3)ccc21. The van der Waals surface area contributed by atoms with Gasteiger partial charge in [-0.3, -0.25) is 14.1 Å². The number of nitrogens with one attached hydrogen (secondary N) is 1. The normalized spacial score (nSPS) is 12.0. The van der Waals surface area contributed by atoms with E-state index in [0.29, 0.717) is 11.3 Å². The second-order valence-electron chi connectivity index (χ2n) is 6.00. The third kappa shape index (κ3) is 3.91. The molecule has 3 aromatic rings. The second-order valence-corrected chi connectivity index (χ2v) is 8.72. The van der Waals surface area contributed by atoms with Crippen LogP contribution < -0.4 is 9.60 Å². The lowest BCUT2D eigenvalue weighted by atomic mass is 10.2. The Morgan fingerprint density at radius 3 is 2.48 bits per heavy atom. The summed E-state index contributed by atoms with van der Waals surface area (Å²) in [6, 6.07) is 10.4. The fourth-order valence-electron chi connectivity index (χ4n) is 2.60. The summed E-state index contributed by atoms with van der Waals surface area (Å²) in [4.78, 5) is 12.0. The van der Waals surface area contributed by atoms with Gasteiger partial charge < -0.3 is 0 Å². The van der Waals surface area contributed by atoms with Gasteiger partial charge >= 0.3 is 4.87 Å². The van der Waals surface area contributed by atoms with Crippen molar-refractivity contribution in [3.8, 4) is 0 Å². The first-order valence-corrected chi connectivity index (χ1v) is 10.1. The lowest BCUT2D eigenvalue weighted by Gasteiger charge is -2.10. The van der Waals surface area contributed by atoms with Gasteiger partial charge in [0, 0.05) is 6.04 Å². The van der Waals surface area contributed by atoms with E-state index in [1.54, 1.807) is 22.8 Å². The Labute approximate surface area is 148 Å². The van der Waals surface area contributed by atoms with E-state index >= 15 is 0 Å². The molecule has 0 radical (unpaired) electrons. The topological polar surface area (TPSA) is 68.2 Å². The highest BCUT2D eigenvalue weighted by Crippen LogP contribution is 2.25. The smallest absolute Gasteiger partial charge is 0.296 e. The molecule has 3 rings (SSSR count).